The van der Waals surface area contributed by atoms with Crippen molar-refractivity contribution in [2.24, 2.45) is 5.92 Å². The van der Waals surface area contributed by atoms with Gasteiger partial charge in [-0.3, -0.25) is 14.3 Å². The Bertz CT molecular complexity index is 1460. The first kappa shape index (κ1) is 38.4. The number of hydrogen-bond acceptors (Lipinski definition) is 7. The average Bonchev–Trinajstić information content (AvgIpc) is 3.00. The van der Waals surface area contributed by atoms with E-state index in [0.717, 1.165) is 0 Å². The summed E-state index contributed by atoms with van der Waals surface area (Å²) in [5.74, 6) is -1.41. The van der Waals surface area contributed by atoms with Crippen LogP contribution in [0.2, 0.25) is 5.02 Å². The number of nitrogens with one attached hydrogen (secondary N) is 1. The second kappa shape index (κ2) is 16.8. The number of alkyl halides is 3. The average molecular weight is 706 g/mol. The van der Waals surface area contributed by atoms with Crippen LogP contribution in [0, 0.1) is 5.92 Å². The zero-order valence-corrected chi connectivity index (χ0v) is 28.5. The molecular formula is C32H43ClF3N3O7S. The molecule has 0 saturated carbocycles. The number of nitrogens with zero attached hydrogens (tertiary/aromatic N) is 2. The van der Waals surface area contributed by atoms with Gasteiger partial charge >= 0.3 is 6.18 Å². The minimum atomic E-state index is -4.46. The molecule has 1 heterocycles. The number of aliphatic hydroxyl groups is 1. The third-order valence-corrected chi connectivity index (χ3v) is 9.58. The van der Waals surface area contributed by atoms with Gasteiger partial charge in [0, 0.05) is 49.8 Å². The molecule has 0 fully saturated rings. The van der Waals surface area contributed by atoms with Gasteiger partial charge in [0.1, 0.15) is 5.75 Å². The third kappa shape index (κ3) is 11.5. The molecule has 1 aliphatic heterocycles. The zero-order chi connectivity index (χ0) is 34.9. The fraction of sp³-hybridized carbons (Fsp3) is 0.562. The van der Waals surface area contributed by atoms with Crippen LogP contribution in [0.5, 0.6) is 5.75 Å². The van der Waals surface area contributed by atoms with Gasteiger partial charge in [0.05, 0.1) is 41.7 Å². The largest absolute Gasteiger partial charge is 0.490 e. The molecule has 0 saturated heterocycles. The highest BCUT2D eigenvalue weighted by Gasteiger charge is 2.32. The Hall–Kier alpha value is -3.07. The maximum atomic E-state index is 14.2. The summed E-state index contributed by atoms with van der Waals surface area (Å²) in [6, 6.07) is 9.30. The molecule has 15 heteroatoms. The van der Waals surface area contributed by atoms with Crippen LogP contribution >= 0.6 is 11.6 Å². The van der Waals surface area contributed by atoms with Crippen molar-refractivity contribution in [2.45, 2.75) is 82.2 Å². The molecule has 2 amide bonds. The van der Waals surface area contributed by atoms with Gasteiger partial charge in [-0.05, 0) is 75.6 Å². The number of likely N-dealkylation sites (N-methyl/N-ethyl adjacent to an activating group) is 1. The Morgan fingerprint density at radius 2 is 1.85 bits per heavy atom. The lowest BCUT2D eigenvalue weighted by Gasteiger charge is -2.36. The summed E-state index contributed by atoms with van der Waals surface area (Å²) in [6.45, 7) is 5.26. The third-order valence-electron chi connectivity index (χ3n) is 7.93. The van der Waals surface area contributed by atoms with E-state index in [0.29, 0.717) is 30.9 Å². The number of fused-ring (bicyclic) bond motifs is 1. The van der Waals surface area contributed by atoms with Crippen molar-refractivity contribution in [3.63, 3.8) is 0 Å². The predicted molar refractivity (Wildman–Crippen MR) is 172 cm³/mol. The van der Waals surface area contributed by atoms with E-state index < -0.39 is 65.5 Å². The molecule has 3 rings (SSSR count). The molecule has 1 aliphatic rings. The molecule has 0 spiro atoms. The summed E-state index contributed by atoms with van der Waals surface area (Å²) >= 11 is 5.91. The van der Waals surface area contributed by atoms with Crippen molar-refractivity contribution in [3.8, 4) is 5.75 Å². The Morgan fingerprint density at radius 3 is 2.49 bits per heavy atom. The molecule has 262 valence electrons. The van der Waals surface area contributed by atoms with E-state index in [4.69, 9.17) is 21.1 Å². The van der Waals surface area contributed by atoms with Crippen molar-refractivity contribution < 1.29 is 45.8 Å². The summed E-state index contributed by atoms with van der Waals surface area (Å²) in [4.78, 5) is 29.3. The molecule has 0 aliphatic carbocycles. The zero-order valence-electron chi connectivity index (χ0n) is 26.9. The summed E-state index contributed by atoms with van der Waals surface area (Å²) in [5.41, 5.74) is 0.170. The van der Waals surface area contributed by atoms with Crippen molar-refractivity contribution in [2.75, 3.05) is 38.1 Å². The van der Waals surface area contributed by atoms with Crippen LogP contribution in [0.4, 0.5) is 18.9 Å². The van der Waals surface area contributed by atoms with E-state index in [-0.39, 0.29) is 41.1 Å². The van der Waals surface area contributed by atoms with Crippen molar-refractivity contribution in [1.29, 1.82) is 0 Å². The SMILES string of the molecule is C[C@H](CO)N1C[C@H](C)[C@H](CN(C)C(=O)CCC(F)(F)F)OCCCC[C@H](C)Oc2ccc(NS(=O)(=O)c3ccc(Cl)cc3)cc2C1=O. The Kier molecular flexibility index (Phi) is 13.8. The van der Waals surface area contributed by atoms with Crippen LogP contribution in [0.1, 0.15) is 63.2 Å². The number of aliphatic hydroxyl groups excluding tert-OH is 1. The van der Waals surface area contributed by atoms with E-state index in [1.165, 1.54) is 59.3 Å². The number of halogens is 4. The van der Waals surface area contributed by atoms with Crippen LogP contribution in [-0.2, 0) is 19.6 Å². The van der Waals surface area contributed by atoms with Crippen LogP contribution in [-0.4, -0.2) is 92.9 Å². The Balaban J connectivity index is 1.95. The summed E-state index contributed by atoms with van der Waals surface area (Å²) in [5, 5.41) is 10.5. The van der Waals surface area contributed by atoms with E-state index in [1.807, 2.05) is 6.92 Å². The topological polar surface area (TPSA) is 125 Å². The number of hydrogen-bond donors (Lipinski definition) is 2. The van der Waals surface area contributed by atoms with Crippen molar-refractivity contribution in [3.05, 3.63) is 53.1 Å². The fourth-order valence-corrected chi connectivity index (χ4v) is 6.26. The monoisotopic (exact) mass is 705 g/mol. The highest BCUT2D eigenvalue weighted by atomic mass is 35.5. The maximum Gasteiger partial charge on any atom is 0.389 e. The minimum Gasteiger partial charge on any atom is -0.490 e. The molecule has 2 aromatic rings. The van der Waals surface area contributed by atoms with E-state index >= 15 is 0 Å². The number of anilines is 1. The standard InChI is InChI=1S/C32H43ClF3N3O7S/c1-21-18-39(22(2)20-40)31(42)27-17-25(37-47(43,44)26-11-8-24(33)9-12-26)10-13-28(27)46-23(3)7-5-6-16-45-29(21)19-38(4)30(41)14-15-32(34,35)36/h8-13,17,21-23,29,37,40H,5-7,14-16,18-20H2,1-4H3/t21-,22+,23-,29-/m0/s1. The quantitative estimate of drug-likeness (QED) is 0.341. The first-order chi connectivity index (χ1) is 22.0. The van der Waals surface area contributed by atoms with Crippen LogP contribution in [0.25, 0.3) is 0 Å². The van der Waals surface area contributed by atoms with Gasteiger partial charge in [-0.1, -0.05) is 18.5 Å². The van der Waals surface area contributed by atoms with Gasteiger partial charge in [-0.25, -0.2) is 8.42 Å². The van der Waals surface area contributed by atoms with Crippen molar-refractivity contribution >= 4 is 39.1 Å². The number of rotatable bonds is 9. The van der Waals surface area contributed by atoms with E-state index in [2.05, 4.69) is 4.72 Å². The van der Waals surface area contributed by atoms with Crippen LogP contribution < -0.4 is 9.46 Å². The van der Waals surface area contributed by atoms with Gasteiger partial charge < -0.3 is 24.4 Å². The smallest absolute Gasteiger partial charge is 0.389 e. The van der Waals surface area contributed by atoms with Gasteiger partial charge in [-0.15, -0.1) is 0 Å². The number of carbonyl (C=O) groups excluding carboxylic acids is 2. The van der Waals surface area contributed by atoms with Gasteiger partial charge in [-0.2, -0.15) is 13.2 Å². The lowest BCUT2D eigenvalue weighted by molar-refractivity contribution is -0.149. The molecule has 47 heavy (non-hydrogen) atoms. The molecular weight excluding hydrogens is 663 g/mol. The number of carbonyl (C=O) groups is 2. The minimum absolute atomic E-state index is 0.000119. The second-order valence-electron chi connectivity index (χ2n) is 12.0. The molecule has 10 nitrogen and oxygen atoms in total. The summed E-state index contributed by atoms with van der Waals surface area (Å²) in [6.07, 6.45) is -5.37. The van der Waals surface area contributed by atoms with Crippen LogP contribution in [0.3, 0.4) is 0 Å². The first-order valence-corrected chi connectivity index (χ1v) is 17.3. The molecule has 0 unspecified atom stereocenters. The molecule has 0 bridgehead atoms. The van der Waals surface area contributed by atoms with Crippen molar-refractivity contribution in [1.82, 2.24) is 9.80 Å². The summed E-state index contributed by atoms with van der Waals surface area (Å²) in [7, 11) is -2.62. The fourth-order valence-electron chi connectivity index (χ4n) is 5.09. The van der Waals surface area contributed by atoms with E-state index in [9.17, 15) is 36.3 Å². The molecule has 2 aromatic carbocycles. The Morgan fingerprint density at radius 1 is 1.17 bits per heavy atom. The van der Waals surface area contributed by atoms with Gasteiger partial charge in [0.15, 0.2) is 0 Å². The number of sulfonamides is 1. The Labute approximate surface area is 279 Å². The normalized spacial score (nSPS) is 20.8. The first-order valence-electron chi connectivity index (χ1n) is 15.4. The number of amides is 2. The van der Waals surface area contributed by atoms with Crippen LogP contribution in [0.15, 0.2) is 47.4 Å². The predicted octanol–water partition coefficient (Wildman–Crippen LogP) is 5.74. The second-order valence-corrected chi connectivity index (χ2v) is 14.1. The highest BCUT2D eigenvalue weighted by Crippen LogP contribution is 2.30. The van der Waals surface area contributed by atoms with Gasteiger partial charge in [0.2, 0.25) is 5.91 Å². The molecule has 0 radical (unpaired) electrons. The number of benzene rings is 2. The molecule has 4 atom stereocenters. The van der Waals surface area contributed by atoms with E-state index in [1.54, 1.807) is 13.8 Å². The number of ether oxygens (including phenoxy) is 2. The molecule has 2 N–H and O–H groups in total. The maximum absolute atomic E-state index is 14.2. The van der Waals surface area contributed by atoms with Gasteiger partial charge in [0.25, 0.3) is 15.9 Å². The lowest BCUT2D eigenvalue weighted by Crippen LogP contribution is -2.48. The highest BCUT2D eigenvalue weighted by molar-refractivity contribution is 7.92. The summed E-state index contributed by atoms with van der Waals surface area (Å²) < 4.78 is 79.2. The lowest BCUT2D eigenvalue weighted by atomic mass is 10.0. The molecule has 0 aromatic heterocycles.